The van der Waals surface area contributed by atoms with Gasteiger partial charge in [0.1, 0.15) is 0 Å². The monoisotopic (exact) mass is 363 g/mol. The van der Waals surface area contributed by atoms with Crippen LogP contribution < -0.4 is 5.43 Å². The molecule has 0 saturated heterocycles. The number of aromatic nitrogens is 2. The molecule has 0 aliphatic carbocycles. The van der Waals surface area contributed by atoms with Crippen LogP contribution in [0.2, 0.25) is 0 Å². The highest BCUT2D eigenvalue weighted by Gasteiger charge is 2.10. The summed E-state index contributed by atoms with van der Waals surface area (Å²) in [6.45, 7) is 2.05. The van der Waals surface area contributed by atoms with Crippen molar-refractivity contribution in [3.63, 3.8) is 0 Å². The molecule has 1 aromatic heterocycles. The number of nitrogens with one attached hydrogen (secondary N) is 1. The molecule has 0 spiro atoms. The lowest BCUT2D eigenvalue weighted by atomic mass is 10.0. The molecule has 0 radical (unpaired) electrons. The average Bonchev–Trinajstić information content (AvgIpc) is 2.74. The summed E-state index contributed by atoms with van der Waals surface area (Å²) in [7, 11) is 0. The first-order chi connectivity index (χ1) is 13.7. The molecule has 134 valence electrons. The van der Waals surface area contributed by atoms with Gasteiger partial charge in [-0.2, -0.15) is 10.4 Å². The van der Waals surface area contributed by atoms with Crippen molar-refractivity contribution < 1.29 is 0 Å². The standard InChI is InChI=1S/C23H17N5/c1-16-11-12-21-20(13-16)22(17-7-3-2-4-8-17)27-23(26-21)28-25-15-19-10-6-5-9-18(19)14-24/h2-13,15H,1H3,(H,26,27,28)/b25-15-. The minimum Gasteiger partial charge on any atom is -0.245 e. The van der Waals surface area contributed by atoms with E-state index in [1.165, 1.54) is 0 Å². The molecule has 1 N–H and O–H groups in total. The van der Waals surface area contributed by atoms with Gasteiger partial charge >= 0.3 is 0 Å². The summed E-state index contributed by atoms with van der Waals surface area (Å²) >= 11 is 0. The zero-order chi connectivity index (χ0) is 19.3. The summed E-state index contributed by atoms with van der Waals surface area (Å²) in [5.74, 6) is 0.404. The fourth-order valence-electron chi connectivity index (χ4n) is 2.98. The summed E-state index contributed by atoms with van der Waals surface area (Å²) in [5.41, 5.74) is 8.06. The predicted octanol–water partition coefficient (Wildman–Crippen LogP) is 4.92. The lowest BCUT2D eigenvalue weighted by Crippen LogP contribution is -2.00. The average molecular weight is 363 g/mol. The Morgan fingerprint density at radius 3 is 2.57 bits per heavy atom. The summed E-state index contributed by atoms with van der Waals surface area (Å²) in [6, 6.07) is 25.6. The first kappa shape index (κ1) is 17.4. The quantitative estimate of drug-likeness (QED) is 0.412. The Kier molecular flexibility index (Phi) is 4.77. The fraction of sp³-hybridized carbons (Fsp3) is 0.0435. The van der Waals surface area contributed by atoms with Crippen molar-refractivity contribution in [2.75, 3.05) is 5.43 Å². The minimum atomic E-state index is 0.404. The first-order valence-corrected chi connectivity index (χ1v) is 8.86. The van der Waals surface area contributed by atoms with Gasteiger partial charge in [-0.15, -0.1) is 0 Å². The molecule has 0 aliphatic heterocycles. The van der Waals surface area contributed by atoms with E-state index in [0.717, 1.165) is 33.3 Å². The molecule has 5 nitrogen and oxygen atoms in total. The second-order valence-corrected chi connectivity index (χ2v) is 6.35. The zero-order valence-corrected chi connectivity index (χ0v) is 15.3. The van der Waals surface area contributed by atoms with E-state index < -0.39 is 0 Å². The summed E-state index contributed by atoms with van der Waals surface area (Å²) in [4.78, 5) is 9.26. The molecule has 0 aliphatic rings. The third-order valence-electron chi connectivity index (χ3n) is 4.35. The number of benzene rings is 3. The number of hydrogen-bond acceptors (Lipinski definition) is 5. The highest BCUT2D eigenvalue weighted by Crippen LogP contribution is 2.28. The van der Waals surface area contributed by atoms with Gasteiger partial charge in [-0.1, -0.05) is 60.2 Å². The van der Waals surface area contributed by atoms with Crippen LogP contribution in [-0.4, -0.2) is 16.2 Å². The first-order valence-electron chi connectivity index (χ1n) is 8.86. The van der Waals surface area contributed by atoms with Crippen molar-refractivity contribution in [2.24, 2.45) is 5.10 Å². The largest absolute Gasteiger partial charge is 0.245 e. The summed E-state index contributed by atoms with van der Waals surface area (Å²) in [6.07, 6.45) is 1.60. The molecular formula is C23H17N5. The maximum absolute atomic E-state index is 9.18. The van der Waals surface area contributed by atoms with Gasteiger partial charge < -0.3 is 0 Å². The molecule has 0 bridgehead atoms. The van der Waals surface area contributed by atoms with Crippen molar-refractivity contribution >= 4 is 23.1 Å². The second-order valence-electron chi connectivity index (χ2n) is 6.35. The Hall–Kier alpha value is -4.04. The van der Waals surface area contributed by atoms with E-state index in [4.69, 9.17) is 0 Å². The van der Waals surface area contributed by atoms with Gasteiger partial charge in [0, 0.05) is 16.5 Å². The van der Waals surface area contributed by atoms with Crippen LogP contribution >= 0.6 is 0 Å². The zero-order valence-electron chi connectivity index (χ0n) is 15.3. The Morgan fingerprint density at radius 1 is 0.964 bits per heavy atom. The maximum atomic E-state index is 9.18. The molecular weight excluding hydrogens is 346 g/mol. The van der Waals surface area contributed by atoms with Crippen molar-refractivity contribution in [1.82, 2.24) is 9.97 Å². The van der Waals surface area contributed by atoms with E-state index >= 15 is 0 Å². The van der Waals surface area contributed by atoms with Crippen molar-refractivity contribution in [1.29, 1.82) is 5.26 Å². The molecule has 5 heteroatoms. The SMILES string of the molecule is Cc1ccc2nc(N/N=C\c3ccccc3C#N)nc(-c3ccccc3)c2c1. The molecule has 4 aromatic rings. The summed E-state index contributed by atoms with van der Waals surface area (Å²) in [5, 5.41) is 14.4. The molecule has 0 saturated carbocycles. The Balaban J connectivity index is 1.73. The summed E-state index contributed by atoms with van der Waals surface area (Å²) < 4.78 is 0. The third-order valence-corrected chi connectivity index (χ3v) is 4.35. The van der Waals surface area contributed by atoms with Gasteiger partial charge in [0.2, 0.25) is 5.95 Å². The maximum Gasteiger partial charge on any atom is 0.244 e. The molecule has 4 rings (SSSR count). The third kappa shape index (κ3) is 3.57. The van der Waals surface area contributed by atoms with Gasteiger partial charge in [0.05, 0.1) is 29.1 Å². The van der Waals surface area contributed by atoms with Crippen LogP contribution in [0.15, 0.2) is 77.9 Å². The van der Waals surface area contributed by atoms with Gasteiger partial charge in [0.15, 0.2) is 0 Å². The van der Waals surface area contributed by atoms with Crippen molar-refractivity contribution in [3.8, 4) is 17.3 Å². The number of hydrogen-bond donors (Lipinski definition) is 1. The van der Waals surface area contributed by atoms with Gasteiger partial charge in [0.25, 0.3) is 0 Å². The number of nitriles is 1. The molecule has 0 atom stereocenters. The van der Waals surface area contributed by atoms with Crippen LogP contribution in [0.1, 0.15) is 16.7 Å². The number of aryl methyl sites for hydroxylation is 1. The number of anilines is 1. The number of fused-ring (bicyclic) bond motifs is 1. The topological polar surface area (TPSA) is 74.0 Å². The molecule has 0 unspecified atom stereocenters. The lowest BCUT2D eigenvalue weighted by Gasteiger charge is -2.09. The van der Waals surface area contributed by atoms with Crippen LogP contribution in [0, 0.1) is 18.3 Å². The van der Waals surface area contributed by atoms with Gasteiger partial charge in [-0.3, -0.25) is 0 Å². The normalized spacial score (nSPS) is 10.9. The van der Waals surface area contributed by atoms with Crippen molar-refractivity contribution in [2.45, 2.75) is 6.92 Å². The van der Waals surface area contributed by atoms with E-state index in [-0.39, 0.29) is 0 Å². The lowest BCUT2D eigenvalue weighted by molar-refractivity contribution is 1.15. The Morgan fingerprint density at radius 2 is 1.75 bits per heavy atom. The minimum absolute atomic E-state index is 0.404. The van der Waals surface area contributed by atoms with E-state index in [9.17, 15) is 5.26 Å². The van der Waals surface area contributed by atoms with Crippen molar-refractivity contribution in [3.05, 3.63) is 89.5 Å². The molecule has 3 aromatic carbocycles. The number of nitrogens with zero attached hydrogens (tertiary/aromatic N) is 4. The van der Waals surface area contributed by atoms with E-state index in [0.29, 0.717) is 11.5 Å². The van der Waals surface area contributed by atoms with E-state index in [1.807, 2.05) is 60.7 Å². The highest BCUT2D eigenvalue weighted by molar-refractivity contribution is 5.93. The number of hydrazone groups is 1. The van der Waals surface area contributed by atoms with Crippen LogP contribution in [0.4, 0.5) is 5.95 Å². The fourth-order valence-corrected chi connectivity index (χ4v) is 2.98. The van der Waals surface area contributed by atoms with E-state index in [1.54, 1.807) is 12.3 Å². The van der Waals surface area contributed by atoms with Crippen LogP contribution in [0.3, 0.4) is 0 Å². The molecule has 0 amide bonds. The van der Waals surface area contributed by atoms with Gasteiger partial charge in [-0.25, -0.2) is 15.4 Å². The van der Waals surface area contributed by atoms with Crippen LogP contribution in [0.5, 0.6) is 0 Å². The van der Waals surface area contributed by atoms with Crippen LogP contribution in [0.25, 0.3) is 22.2 Å². The van der Waals surface area contributed by atoms with E-state index in [2.05, 4.69) is 39.6 Å². The highest BCUT2D eigenvalue weighted by atomic mass is 15.3. The molecule has 28 heavy (non-hydrogen) atoms. The Bertz CT molecular complexity index is 1210. The second kappa shape index (κ2) is 7.68. The smallest absolute Gasteiger partial charge is 0.244 e. The molecule has 1 heterocycles. The number of rotatable bonds is 4. The van der Waals surface area contributed by atoms with Crippen LogP contribution in [-0.2, 0) is 0 Å². The predicted molar refractivity (Wildman–Crippen MR) is 112 cm³/mol. The Labute approximate surface area is 163 Å². The molecule has 0 fully saturated rings. The van der Waals surface area contributed by atoms with Gasteiger partial charge in [-0.05, 0) is 25.1 Å².